The quantitative estimate of drug-likeness (QED) is 0.269. The van der Waals surface area contributed by atoms with E-state index < -0.39 is 11.6 Å². The van der Waals surface area contributed by atoms with Crippen LogP contribution >= 0.6 is 11.6 Å². The summed E-state index contributed by atoms with van der Waals surface area (Å²) in [4.78, 5) is 19.0. The fraction of sp³-hybridized carbons (Fsp3) is 0.267. The van der Waals surface area contributed by atoms with Gasteiger partial charge in [-0.1, -0.05) is 60.1 Å². The lowest BCUT2D eigenvalue weighted by Gasteiger charge is -2.33. The number of nitrogens with zero attached hydrogens (tertiary/aromatic N) is 5. The Balaban J connectivity index is 1.75. The summed E-state index contributed by atoms with van der Waals surface area (Å²) in [5.41, 5.74) is 2.64. The zero-order valence-electron chi connectivity index (χ0n) is 22.4. The van der Waals surface area contributed by atoms with E-state index in [2.05, 4.69) is 37.5 Å². The van der Waals surface area contributed by atoms with Crippen LogP contribution in [0, 0.1) is 0 Å². The highest BCUT2D eigenvalue weighted by Crippen LogP contribution is 2.33. The van der Waals surface area contributed by atoms with Gasteiger partial charge in [0.25, 0.3) is 5.56 Å². The van der Waals surface area contributed by atoms with Gasteiger partial charge in [-0.05, 0) is 72.7 Å². The van der Waals surface area contributed by atoms with Gasteiger partial charge in [0, 0.05) is 34.6 Å². The van der Waals surface area contributed by atoms with Crippen molar-refractivity contribution in [2.45, 2.75) is 45.4 Å². The molecule has 0 bridgehead atoms. The van der Waals surface area contributed by atoms with Crippen molar-refractivity contribution in [1.29, 1.82) is 0 Å². The molecule has 2 aromatic heterocycles. The summed E-state index contributed by atoms with van der Waals surface area (Å²) in [6.45, 7) is 7.11. The Hall–Kier alpha value is -4.01. The first-order valence-corrected chi connectivity index (χ1v) is 13.1. The highest BCUT2D eigenvalue weighted by atomic mass is 35.5. The minimum absolute atomic E-state index is 0.210. The highest BCUT2D eigenvalue weighted by molar-refractivity contribution is 6.31. The van der Waals surface area contributed by atoms with Gasteiger partial charge in [-0.25, -0.2) is 4.68 Å². The van der Waals surface area contributed by atoms with E-state index in [9.17, 15) is 4.79 Å². The molecule has 8 nitrogen and oxygen atoms in total. The van der Waals surface area contributed by atoms with Crippen LogP contribution in [-0.4, -0.2) is 37.2 Å². The molecule has 0 spiro atoms. The van der Waals surface area contributed by atoms with Gasteiger partial charge in [0.2, 0.25) is 0 Å². The smallest absolute Gasteiger partial charge is 0.253 e. The van der Waals surface area contributed by atoms with Crippen molar-refractivity contribution < 1.29 is 4.74 Å². The Morgan fingerprint density at radius 1 is 1.00 bits per heavy atom. The number of aromatic nitrogens is 5. The first-order chi connectivity index (χ1) is 18.7. The molecule has 5 rings (SSSR count). The summed E-state index contributed by atoms with van der Waals surface area (Å²) in [5, 5.41) is 14.4. The maximum Gasteiger partial charge on any atom is 0.253 e. The SMILES string of the molecule is COc1ccc2[nH]c(=O)c([C@@H](c3nnnn3C(C)(C)C)N(Cc3ccccc3)Cc3ccccc3Cl)cc2c1. The normalized spacial score (nSPS) is 12.7. The number of hydrogen-bond donors (Lipinski definition) is 1. The van der Waals surface area contributed by atoms with Crippen LogP contribution in [0.15, 0.2) is 83.7 Å². The van der Waals surface area contributed by atoms with Gasteiger partial charge in [-0.15, -0.1) is 5.10 Å². The van der Waals surface area contributed by atoms with Crippen molar-refractivity contribution >= 4 is 22.5 Å². The molecule has 39 heavy (non-hydrogen) atoms. The lowest BCUT2D eigenvalue weighted by atomic mass is 10.00. The average Bonchev–Trinajstić information content (AvgIpc) is 3.41. The van der Waals surface area contributed by atoms with E-state index in [1.807, 2.05) is 87.5 Å². The predicted octanol–water partition coefficient (Wildman–Crippen LogP) is 5.72. The fourth-order valence-electron chi connectivity index (χ4n) is 4.77. The second kappa shape index (κ2) is 11.0. The number of methoxy groups -OCH3 is 1. The van der Waals surface area contributed by atoms with Gasteiger partial charge in [0.1, 0.15) is 11.8 Å². The number of fused-ring (bicyclic) bond motifs is 1. The van der Waals surface area contributed by atoms with Gasteiger partial charge in [-0.3, -0.25) is 9.69 Å². The van der Waals surface area contributed by atoms with Gasteiger partial charge in [0.15, 0.2) is 5.82 Å². The molecular weight excluding hydrogens is 512 g/mol. The summed E-state index contributed by atoms with van der Waals surface area (Å²) in [6, 6.07) is 24.8. The van der Waals surface area contributed by atoms with Crippen LogP contribution in [0.3, 0.4) is 0 Å². The number of aromatic amines is 1. The maximum absolute atomic E-state index is 13.7. The molecule has 0 aliphatic rings. The monoisotopic (exact) mass is 542 g/mol. The van der Waals surface area contributed by atoms with E-state index in [4.69, 9.17) is 16.3 Å². The molecule has 0 saturated carbocycles. The standard InChI is InChI=1S/C30H31ClN6O2/c1-30(2,3)37-28(33-34-35-37)27(24-17-22-16-23(39-4)14-15-26(22)32-29(24)38)36(18-20-10-6-5-7-11-20)19-21-12-8-9-13-25(21)31/h5-17,27H,18-19H2,1-4H3,(H,32,38)/t27-/m0/s1. The van der Waals surface area contributed by atoms with E-state index in [0.29, 0.717) is 35.2 Å². The van der Waals surface area contributed by atoms with Crippen molar-refractivity contribution in [3.8, 4) is 5.75 Å². The summed E-state index contributed by atoms with van der Waals surface area (Å²) in [5.74, 6) is 1.27. The van der Waals surface area contributed by atoms with E-state index in [-0.39, 0.29) is 5.56 Å². The number of halogens is 1. The van der Waals surface area contributed by atoms with Crippen LogP contribution in [0.1, 0.15) is 49.3 Å². The molecule has 1 N–H and O–H groups in total. The Morgan fingerprint density at radius 3 is 2.46 bits per heavy atom. The maximum atomic E-state index is 13.7. The summed E-state index contributed by atoms with van der Waals surface area (Å²) >= 11 is 6.64. The number of tetrazole rings is 1. The first kappa shape index (κ1) is 26.6. The molecule has 9 heteroatoms. The van der Waals surface area contributed by atoms with Gasteiger partial charge < -0.3 is 9.72 Å². The number of rotatable bonds is 8. The summed E-state index contributed by atoms with van der Waals surface area (Å²) in [7, 11) is 1.62. The number of pyridine rings is 1. The lowest BCUT2D eigenvalue weighted by molar-refractivity contribution is 0.184. The number of benzene rings is 3. The molecule has 0 unspecified atom stereocenters. The van der Waals surface area contributed by atoms with Crippen LogP contribution in [0.25, 0.3) is 10.9 Å². The second-order valence-electron chi connectivity index (χ2n) is 10.5. The Morgan fingerprint density at radius 2 is 1.74 bits per heavy atom. The van der Waals surface area contributed by atoms with Gasteiger partial charge in [0.05, 0.1) is 12.6 Å². The number of hydrogen-bond acceptors (Lipinski definition) is 6. The molecule has 0 saturated heterocycles. The zero-order valence-corrected chi connectivity index (χ0v) is 23.2. The van der Waals surface area contributed by atoms with Crippen LogP contribution in [0.4, 0.5) is 0 Å². The first-order valence-electron chi connectivity index (χ1n) is 12.8. The molecule has 0 aliphatic heterocycles. The Bertz CT molecular complexity index is 1640. The third-order valence-corrected chi connectivity index (χ3v) is 7.04. The lowest BCUT2D eigenvalue weighted by Crippen LogP contribution is -2.37. The van der Waals surface area contributed by atoms with Crippen molar-refractivity contribution in [3.63, 3.8) is 0 Å². The van der Waals surface area contributed by atoms with Crippen molar-refractivity contribution in [1.82, 2.24) is 30.1 Å². The summed E-state index contributed by atoms with van der Waals surface area (Å²) < 4.78 is 7.24. The molecule has 0 aliphatic carbocycles. The third kappa shape index (κ3) is 5.72. The third-order valence-electron chi connectivity index (χ3n) is 6.67. The van der Waals surface area contributed by atoms with Crippen molar-refractivity contribution in [2.24, 2.45) is 0 Å². The molecule has 3 aromatic carbocycles. The Labute approximate surface area is 232 Å². The van der Waals surface area contributed by atoms with Crippen LogP contribution in [0.5, 0.6) is 5.75 Å². The fourth-order valence-corrected chi connectivity index (χ4v) is 4.97. The average molecular weight is 543 g/mol. The topological polar surface area (TPSA) is 88.9 Å². The van der Waals surface area contributed by atoms with E-state index in [1.165, 1.54) is 0 Å². The minimum atomic E-state index is -0.588. The minimum Gasteiger partial charge on any atom is -0.497 e. The molecule has 0 amide bonds. The van der Waals surface area contributed by atoms with Crippen LogP contribution < -0.4 is 10.3 Å². The van der Waals surface area contributed by atoms with E-state index in [0.717, 1.165) is 22.0 Å². The van der Waals surface area contributed by atoms with Crippen molar-refractivity contribution in [2.75, 3.05) is 7.11 Å². The van der Waals surface area contributed by atoms with Crippen molar-refractivity contribution in [3.05, 3.63) is 117 Å². The molecule has 2 heterocycles. The number of nitrogens with one attached hydrogen (secondary N) is 1. The Kier molecular flexibility index (Phi) is 7.50. The zero-order chi connectivity index (χ0) is 27.6. The van der Waals surface area contributed by atoms with E-state index >= 15 is 0 Å². The number of H-pyrrole nitrogens is 1. The second-order valence-corrected chi connectivity index (χ2v) is 10.9. The van der Waals surface area contributed by atoms with Crippen LogP contribution in [-0.2, 0) is 18.6 Å². The predicted molar refractivity (Wildman–Crippen MR) is 153 cm³/mol. The van der Waals surface area contributed by atoms with Crippen LogP contribution in [0.2, 0.25) is 5.02 Å². The molecule has 0 radical (unpaired) electrons. The molecule has 200 valence electrons. The molecular formula is C30H31ClN6O2. The summed E-state index contributed by atoms with van der Waals surface area (Å²) in [6.07, 6.45) is 0. The number of ether oxygens (including phenoxy) is 1. The van der Waals surface area contributed by atoms with E-state index in [1.54, 1.807) is 11.8 Å². The largest absolute Gasteiger partial charge is 0.497 e. The molecule has 5 aromatic rings. The van der Waals surface area contributed by atoms with Gasteiger partial charge >= 0.3 is 0 Å². The molecule has 0 fully saturated rings. The highest BCUT2D eigenvalue weighted by Gasteiger charge is 2.34. The van der Waals surface area contributed by atoms with Gasteiger partial charge in [-0.2, -0.15) is 0 Å². The molecule has 1 atom stereocenters.